The van der Waals surface area contributed by atoms with Gasteiger partial charge >= 0.3 is 0 Å². The molecule has 4 heteroatoms. The lowest BCUT2D eigenvalue weighted by atomic mass is 9.94. The zero-order valence-corrected chi connectivity index (χ0v) is 19.6. The summed E-state index contributed by atoms with van der Waals surface area (Å²) in [6.45, 7) is 14.6. The number of carbonyl (C=O) groups excluding carboxylic acids is 1. The summed E-state index contributed by atoms with van der Waals surface area (Å²) in [5.41, 5.74) is 5.73. The van der Waals surface area contributed by atoms with Crippen molar-refractivity contribution in [2.45, 2.75) is 39.7 Å². The number of amides is 1. The fraction of sp³-hybridized carbons (Fsp3) is 0.207. The second kappa shape index (κ2) is 10.8. The standard InChI is InChI=1S/C29H31FN2O/c1-6-12-24(8-3)31-29(33)26-25(21-13-10-9-11-14-21)28(22-15-17-23(30)18-16-22)32(19-7-2)27(26)20(4)5/h6,8-18,20H,1,3,7,19H2,2,4-5H3,(H,31,33)/b24-12+. The highest BCUT2D eigenvalue weighted by molar-refractivity contribution is 6.07. The number of hydrogen-bond donors (Lipinski definition) is 1. The molecule has 33 heavy (non-hydrogen) atoms. The molecule has 170 valence electrons. The first-order valence-electron chi connectivity index (χ1n) is 11.3. The Labute approximate surface area is 196 Å². The molecule has 0 spiro atoms. The first-order valence-corrected chi connectivity index (χ1v) is 11.3. The van der Waals surface area contributed by atoms with Crippen molar-refractivity contribution >= 4 is 5.91 Å². The van der Waals surface area contributed by atoms with Crippen LogP contribution < -0.4 is 5.32 Å². The van der Waals surface area contributed by atoms with Crippen molar-refractivity contribution < 1.29 is 9.18 Å². The molecule has 1 heterocycles. The average molecular weight is 443 g/mol. The zero-order chi connectivity index (χ0) is 24.0. The van der Waals surface area contributed by atoms with Crippen molar-refractivity contribution in [3.05, 3.63) is 109 Å². The van der Waals surface area contributed by atoms with Gasteiger partial charge in [-0.2, -0.15) is 0 Å². The van der Waals surface area contributed by atoms with E-state index >= 15 is 0 Å². The summed E-state index contributed by atoms with van der Waals surface area (Å²) < 4.78 is 16.0. The van der Waals surface area contributed by atoms with Gasteiger partial charge in [0, 0.05) is 23.5 Å². The third-order valence-corrected chi connectivity index (χ3v) is 5.48. The van der Waals surface area contributed by atoms with Gasteiger partial charge in [-0.05, 0) is 59.9 Å². The van der Waals surface area contributed by atoms with Gasteiger partial charge in [-0.25, -0.2) is 4.39 Å². The lowest BCUT2D eigenvalue weighted by Crippen LogP contribution is -2.24. The minimum Gasteiger partial charge on any atom is -0.343 e. The van der Waals surface area contributed by atoms with Gasteiger partial charge in [-0.1, -0.05) is 70.3 Å². The number of carbonyl (C=O) groups is 1. The average Bonchev–Trinajstić information content (AvgIpc) is 3.15. The van der Waals surface area contributed by atoms with Crippen LogP contribution >= 0.6 is 0 Å². The molecule has 1 aromatic heterocycles. The molecule has 0 fully saturated rings. The highest BCUT2D eigenvalue weighted by atomic mass is 19.1. The Bertz CT molecular complexity index is 1170. The number of rotatable bonds is 9. The number of benzene rings is 2. The van der Waals surface area contributed by atoms with Gasteiger partial charge in [0.25, 0.3) is 5.91 Å². The largest absolute Gasteiger partial charge is 0.343 e. The van der Waals surface area contributed by atoms with Crippen LogP contribution in [-0.2, 0) is 6.54 Å². The summed E-state index contributed by atoms with van der Waals surface area (Å²) >= 11 is 0. The van der Waals surface area contributed by atoms with Crippen LogP contribution in [0, 0.1) is 5.82 Å². The summed E-state index contributed by atoms with van der Waals surface area (Å²) in [6.07, 6.45) is 5.82. The van der Waals surface area contributed by atoms with Crippen molar-refractivity contribution in [2.24, 2.45) is 0 Å². The van der Waals surface area contributed by atoms with E-state index in [-0.39, 0.29) is 17.6 Å². The van der Waals surface area contributed by atoms with Gasteiger partial charge < -0.3 is 9.88 Å². The number of nitrogens with one attached hydrogen (secondary N) is 1. The molecular weight excluding hydrogens is 411 g/mol. The van der Waals surface area contributed by atoms with Crippen LogP contribution in [0.3, 0.4) is 0 Å². The van der Waals surface area contributed by atoms with E-state index in [1.807, 2.05) is 30.3 Å². The van der Waals surface area contributed by atoms with Crippen molar-refractivity contribution in [2.75, 3.05) is 0 Å². The fourth-order valence-electron chi connectivity index (χ4n) is 4.20. The minimum atomic E-state index is -0.291. The molecule has 0 saturated heterocycles. The quantitative estimate of drug-likeness (QED) is 0.342. The molecule has 2 aromatic carbocycles. The molecule has 3 rings (SSSR count). The molecule has 0 saturated carbocycles. The van der Waals surface area contributed by atoms with Crippen LogP contribution in [0.1, 0.15) is 49.2 Å². The van der Waals surface area contributed by atoms with Crippen LogP contribution in [0.15, 0.2) is 91.7 Å². The van der Waals surface area contributed by atoms with Crippen LogP contribution in [-0.4, -0.2) is 10.5 Å². The molecular formula is C29H31FN2O. The van der Waals surface area contributed by atoms with Crippen LogP contribution in [0.5, 0.6) is 0 Å². The van der Waals surface area contributed by atoms with E-state index in [0.717, 1.165) is 41.0 Å². The molecule has 3 nitrogen and oxygen atoms in total. The van der Waals surface area contributed by atoms with Crippen LogP contribution in [0.2, 0.25) is 0 Å². The maximum atomic E-state index is 13.8. The Kier molecular flexibility index (Phi) is 7.83. The Balaban J connectivity index is 2.41. The SMILES string of the molecule is C=C/C=C(\C=C)NC(=O)c1c(-c2ccccc2)c(-c2ccc(F)cc2)n(CCC)c1C(C)C. The third kappa shape index (κ3) is 5.06. The van der Waals surface area contributed by atoms with Crippen molar-refractivity contribution in [3.8, 4) is 22.4 Å². The summed E-state index contributed by atoms with van der Waals surface area (Å²) in [6, 6.07) is 16.4. The summed E-state index contributed by atoms with van der Waals surface area (Å²) in [4.78, 5) is 13.8. The molecule has 0 unspecified atom stereocenters. The molecule has 0 bridgehead atoms. The summed E-state index contributed by atoms with van der Waals surface area (Å²) in [5.74, 6) is -0.408. The van der Waals surface area contributed by atoms with Gasteiger partial charge in [0.05, 0.1) is 11.3 Å². The van der Waals surface area contributed by atoms with Crippen LogP contribution in [0.4, 0.5) is 4.39 Å². The maximum absolute atomic E-state index is 13.8. The highest BCUT2D eigenvalue weighted by Gasteiger charge is 2.30. The van der Waals surface area contributed by atoms with Crippen molar-refractivity contribution in [3.63, 3.8) is 0 Å². The summed E-state index contributed by atoms with van der Waals surface area (Å²) in [7, 11) is 0. The molecule has 0 aliphatic heterocycles. The van der Waals surface area contributed by atoms with Gasteiger partial charge in [0.15, 0.2) is 0 Å². The minimum absolute atomic E-state index is 0.0875. The third-order valence-electron chi connectivity index (χ3n) is 5.48. The van der Waals surface area contributed by atoms with E-state index in [9.17, 15) is 9.18 Å². The van der Waals surface area contributed by atoms with E-state index in [2.05, 4.69) is 43.8 Å². The Morgan fingerprint density at radius 1 is 1.06 bits per heavy atom. The van der Waals surface area contributed by atoms with E-state index in [4.69, 9.17) is 0 Å². The number of nitrogens with zero attached hydrogens (tertiary/aromatic N) is 1. The van der Waals surface area contributed by atoms with E-state index in [1.165, 1.54) is 12.1 Å². The predicted octanol–water partition coefficient (Wildman–Crippen LogP) is 7.48. The zero-order valence-electron chi connectivity index (χ0n) is 19.6. The Morgan fingerprint density at radius 3 is 2.27 bits per heavy atom. The number of halogens is 1. The normalized spacial score (nSPS) is 11.5. The monoisotopic (exact) mass is 442 g/mol. The van der Waals surface area contributed by atoms with Gasteiger partial charge in [0.2, 0.25) is 0 Å². The van der Waals surface area contributed by atoms with E-state index in [0.29, 0.717) is 11.3 Å². The second-order valence-electron chi connectivity index (χ2n) is 8.18. The first kappa shape index (κ1) is 24.0. The first-order chi connectivity index (χ1) is 15.9. The Morgan fingerprint density at radius 2 is 1.73 bits per heavy atom. The molecule has 1 amide bonds. The molecule has 1 N–H and O–H groups in total. The topological polar surface area (TPSA) is 34.0 Å². The van der Waals surface area contributed by atoms with E-state index < -0.39 is 0 Å². The van der Waals surface area contributed by atoms with Gasteiger partial charge in [-0.15, -0.1) is 0 Å². The van der Waals surface area contributed by atoms with Gasteiger partial charge in [0.1, 0.15) is 5.82 Å². The lowest BCUT2D eigenvalue weighted by molar-refractivity contribution is 0.0966. The molecule has 0 aliphatic carbocycles. The molecule has 3 aromatic rings. The maximum Gasteiger partial charge on any atom is 0.258 e. The van der Waals surface area contributed by atoms with E-state index in [1.54, 1.807) is 30.4 Å². The van der Waals surface area contributed by atoms with Crippen molar-refractivity contribution in [1.82, 2.24) is 9.88 Å². The second-order valence-corrected chi connectivity index (χ2v) is 8.18. The Hall–Kier alpha value is -3.66. The van der Waals surface area contributed by atoms with Gasteiger partial charge in [-0.3, -0.25) is 4.79 Å². The number of aromatic nitrogens is 1. The lowest BCUT2D eigenvalue weighted by Gasteiger charge is -2.16. The smallest absolute Gasteiger partial charge is 0.258 e. The molecule has 0 radical (unpaired) electrons. The number of hydrogen-bond acceptors (Lipinski definition) is 1. The highest BCUT2D eigenvalue weighted by Crippen LogP contribution is 2.42. The molecule has 0 aliphatic rings. The fourth-order valence-corrected chi connectivity index (χ4v) is 4.20. The predicted molar refractivity (Wildman–Crippen MR) is 136 cm³/mol. The summed E-state index contributed by atoms with van der Waals surface area (Å²) in [5, 5.41) is 2.99. The molecule has 0 atom stereocenters. The van der Waals surface area contributed by atoms with Crippen LogP contribution in [0.25, 0.3) is 22.4 Å². The van der Waals surface area contributed by atoms with Crippen molar-refractivity contribution in [1.29, 1.82) is 0 Å². The number of allylic oxidation sites excluding steroid dienone is 3.